The summed E-state index contributed by atoms with van der Waals surface area (Å²) in [7, 11) is -4.07. The summed E-state index contributed by atoms with van der Waals surface area (Å²) >= 11 is 0. The highest BCUT2D eigenvalue weighted by Crippen LogP contribution is 2.29. The summed E-state index contributed by atoms with van der Waals surface area (Å²) in [6.07, 6.45) is 1.77. The topological polar surface area (TPSA) is 86.8 Å². The quantitative estimate of drug-likeness (QED) is 0.337. The van der Waals surface area contributed by atoms with Crippen LogP contribution in [0.1, 0.15) is 43.4 Å². The highest BCUT2D eigenvalue weighted by Gasteiger charge is 2.33. The first-order valence-electron chi connectivity index (χ1n) is 12.9. The number of hydrogen-bond acceptors (Lipinski definition) is 4. The molecule has 0 spiro atoms. The average molecular weight is 536 g/mol. The molecule has 0 aromatic heterocycles. The Morgan fingerprint density at radius 2 is 1.53 bits per heavy atom. The van der Waals surface area contributed by atoms with Crippen LogP contribution in [0.4, 0.5) is 5.69 Å². The molecule has 0 heterocycles. The summed E-state index contributed by atoms with van der Waals surface area (Å²) in [5.74, 6) is -0.737. The van der Waals surface area contributed by atoms with Gasteiger partial charge in [0.15, 0.2) is 0 Å². The molecule has 38 heavy (non-hydrogen) atoms. The van der Waals surface area contributed by atoms with E-state index in [1.165, 1.54) is 17.0 Å². The third-order valence-corrected chi connectivity index (χ3v) is 8.42. The molecule has 0 saturated heterocycles. The summed E-state index contributed by atoms with van der Waals surface area (Å²) < 4.78 is 28.9. The van der Waals surface area contributed by atoms with Crippen LogP contribution in [0.25, 0.3) is 0 Å². The molecule has 2 amide bonds. The summed E-state index contributed by atoms with van der Waals surface area (Å²) in [4.78, 5) is 28.5. The van der Waals surface area contributed by atoms with Gasteiger partial charge in [0.25, 0.3) is 10.0 Å². The van der Waals surface area contributed by atoms with Gasteiger partial charge >= 0.3 is 0 Å². The Kier molecular flexibility index (Phi) is 10.1. The second kappa shape index (κ2) is 13.2. The van der Waals surface area contributed by atoms with E-state index >= 15 is 0 Å². The van der Waals surface area contributed by atoms with Crippen molar-refractivity contribution in [3.63, 3.8) is 0 Å². The monoisotopic (exact) mass is 535 g/mol. The minimum absolute atomic E-state index is 0.0914. The van der Waals surface area contributed by atoms with Crippen LogP contribution in [0, 0.1) is 13.8 Å². The Bertz CT molecular complexity index is 1330. The number of aryl methyl sites for hydroxylation is 1. The predicted octanol–water partition coefficient (Wildman–Crippen LogP) is 4.83. The molecule has 0 fully saturated rings. The number of nitrogens with zero attached hydrogens (tertiary/aromatic N) is 2. The van der Waals surface area contributed by atoms with Crippen LogP contribution in [-0.4, -0.2) is 44.3 Å². The van der Waals surface area contributed by atoms with E-state index in [0.29, 0.717) is 12.2 Å². The summed E-state index contributed by atoms with van der Waals surface area (Å²) in [5.41, 5.74) is 2.95. The fourth-order valence-corrected chi connectivity index (χ4v) is 5.63. The normalized spacial score (nSPS) is 12.0. The Morgan fingerprint density at radius 1 is 0.895 bits per heavy atom. The second-order valence-electron chi connectivity index (χ2n) is 9.37. The summed E-state index contributed by atoms with van der Waals surface area (Å²) in [5, 5.41) is 2.90. The van der Waals surface area contributed by atoms with Crippen molar-refractivity contribution in [2.45, 2.75) is 58.0 Å². The van der Waals surface area contributed by atoms with Crippen molar-refractivity contribution in [1.29, 1.82) is 0 Å². The molecular weight excluding hydrogens is 498 g/mol. The van der Waals surface area contributed by atoms with Crippen LogP contribution in [0.15, 0.2) is 83.8 Å². The molecule has 7 nitrogen and oxygen atoms in total. The van der Waals surface area contributed by atoms with E-state index in [4.69, 9.17) is 0 Å². The lowest BCUT2D eigenvalue weighted by Crippen LogP contribution is -2.51. The summed E-state index contributed by atoms with van der Waals surface area (Å²) in [6, 6.07) is 22.1. The van der Waals surface area contributed by atoms with Crippen LogP contribution < -0.4 is 9.62 Å². The lowest BCUT2D eigenvalue weighted by atomic mass is 10.1. The number of carbonyl (C=O) groups is 2. The maximum Gasteiger partial charge on any atom is 0.264 e. The Morgan fingerprint density at radius 3 is 2.16 bits per heavy atom. The van der Waals surface area contributed by atoms with Crippen molar-refractivity contribution < 1.29 is 18.0 Å². The van der Waals surface area contributed by atoms with Gasteiger partial charge in [-0.05, 0) is 62.1 Å². The Hall–Kier alpha value is -3.65. The maximum atomic E-state index is 13.9. The molecule has 3 aromatic carbocycles. The highest BCUT2D eigenvalue weighted by molar-refractivity contribution is 7.92. The molecule has 1 atom stereocenters. The van der Waals surface area contributed by atoms with Crippen molar-refractivity contribution in [3.8, 4) is 0 Å². The van der Waals surface area contributed by atoms with Crippen LogP contribution in [-0.2, 0) is 26.2 Å². The van der Waals surface area contributed by atoms with Gasteiger partial charge in [-0.1, -0.05) is 74.0 Å². The van der Waals surface area contributed by atoms with Crippen molar-refractivity contribution in [3.05, 3.63) is 95.6 Å². The molecule has 0 aliphatic rings. The average Bonchev–Trinajstić information content (AvgIpc) is 2.92. The zero-order valence-electron chi connectivity index (χ0n) is 22.6. The fraction of sp³-hybridized carbons (Fsp3) is 0.333. The first-order chi connectivity index (χ1) is 18.2. The number of benzene rings is 3. The number of sulfonamides is 1. The van der Waals surface area contributed by atoms with E-state index < -0.39 is 28.5 Å². The van der Waals surface area contributed by atoms with Crippen molar-refractivity contribution >= 4 is 27.5 Å². The van der Waals surface area contributed by atoms with Gasteiger partial charge in [0, 0.05) is 13.1 Å². The van der Waals surface area contributed by atoms with Crippen molar-refractivity contribution in [2.75, 3.05) is 17.4 Å². The van der Waals surface area contributed by atoms with Gasteiger partial charge in [0.2, 0.25) is 11.8 Å². The minimum atomic E-state index is -4.07. The lowest BCUT2D eigenvalue weighted by molar-refractivity contribution is -0.139. The van der Waals surface area contributed by atoms with Crippen LogP contribution in [0.2, 0.25) is 0 Å². The highest BCUT2D eigenvalue weighted by atomic mass is 32.2. The molecular formula is C30H37N3O4S. The zero-order chi connectivity index (χ0) is 27.7. The summed E-state index contributed by atoms with van der Waals surface area (Å²) in [6.45, 7) is 7.71. The van der Waals surface area contributed by atoms with E-state index in [9.17, 15) is 18.0 Å². The van der Waals surface area contributed by atoms with Gasteiger partial charge in [-0.25, -0.2) is 8.42 Å². The van der Waals surface area contributed by atoms with Gasteiger partial charge < -0.3 is 10.2 Å². The molecule has 0 aliphatic heterocycles. The lowest BCUT2D eigenvalue weighted by Gasteiger charge is -2.32. The Balaban J connectivity index is 2.01. The molecule has 0 radical (unpaired) electrons. The van der Waals surface area contributed by atoms with Crippen molar-refractivity contribution in [2.24, 2.45) is 0 Å². The molecule has 8 heteroatoms. The number of anilines is 1. The van der Waals surface area contributed by atoms with Crippen LogP contribution >= 0.6 is 0 Å². The molecule has 1 unspecified atom stereocenters. The standard InChI is InChI=1S/C30H37N3O4S/c1-5-6-20-31-30(35)25(4)32(21-26-15-9-7-10-16-26)29(34)22-33(28-19-13-14-23(2)24(28)3)38(36,37)27-17-11-8-12-18-27/h7-19,25H,5-6,20-22H2,1-4H3,(H,31,35). The maximum absolute atomic E-state index is 13.9. The third kappa shape index (κ3) is 7.01. The smallest absolute Gasteiger partial charge is 0.264 e. The molecule has 3 rings (SSSR count). The van der Waals surface area contributed by atoms with Gasteiger partial charge in [0.05, 0.1) is 10.6 Å². The number of unbranched alkanes of at least 4 members (excludes halogenated alkanes) is 1. The molecule has 202 valence electrons. The minimum Gasteiger partial charge on any atom is -0.354 e. The molecule has 0 aliphatic carbocycles. The number of amides is 2. The third-order valence-electron chi connectivity index (χ3n) is 6.65. The van der Waals surface area contributed by atoms with Gasteiger partial charge in [0.1, 0.15) is 12.6 Å². The first kappa shape index (κ1) is 28.9. The van der Waals surface area contributed by atoms with E-state index in [2.05, 4.69) is 5.32 Å². The van der Waals surface area contributed by atoms with Crippen LogP contribution in [0.5, 0.6) is 0 Å². The SMILES string of the molecule is CCCCNC(=O)C(C)N(Cc1ccccc1)C(=O)CN(c1cccc(C)c1C)S(=O)(=O)c1ccccc1. The number of hydrogen-bond donors (Lipinski definition) is 1. The van der Waals surface area contributed by atoms with E-state index in [0.717, 1.165) is 33.8 Å². The van der Waals surface area contributed by atoms with Crippen molar-refractivity contribution in [1.82, 2.24) is 10.2 Å². The van der Waals surface area contributed by atoms with E-state index in [1.807, 2.05) is 57.2 Å². The number of rotatable bonds is 12. The first-order valence-corrected chi connectivity index (χ1v) is 14.4. The van der Waals surface area contributed by atoms with Gasteiger partial charge in [-0.2, -0.15) is 0 Å². The molecule has 1 N–H and O–H groups in total. The van der Waals surface area contributed by atoms with Crippen LogP contribution in [0.3, 0.4) is 0 Å². The second-order valence-corrected chi connectivity index (χ2v) is 11.2. The fourth-order valence-electron chi connectivity index (χ4n) is 4.14. The van der Waals surface area contributed by atoms with Gasteiger partial charge in [-0.15, -0.1) is 0 Å². The van der Waals surface area contributed by atoms with E-state index in [1.54, 1.807) is 37.3 Å². The number of carbonyl (C=O) groups excluding carboxylic acids is 2. The predicted molar refractivity (Wildman–Crippen MR) is 151 cm³/mol. The van der Waals surface area contributed by atoms with E-state index in [-0.39, 0.29) is 17.3 Å². The molecule has 3 aromatic rings. The Labute approximate surface area is 226 Å². The molecule has 0 bridgehead atoms. The van der Waals surface area contributed by atoms with Gasteiger partial charge in [-0.3, -0.25) is 13.9 Å². The largest absolute Gasteiger partial charge is 0.354 e. The molecule has 0 saturated carbocycles. The zero-order valence-corrected chi connectivity index (χ0v) is 23.4. The number of nitrogens with one attached hydrogen (secondary N) is 1.